The van der Waals surface area contributed by atoms with E-state index < -0.39 is 17.9 Å². The molecule has 0 spiro atoms. The zero-order valence-electron chi connectivity index (χ0n) is 43.8. The molecule has 0 aliphatic rings. The van der Waals surface area contributed by atoms with E-state index in [1.807, 2.05) is 66.7 Å². The van der Waals surface area contributed by atoms with Crippen molar-refractivity contribution in [2.75, 3.05) is 119 Å². The SMILES string of the molecule is C=CCCCOCCOCCOCCOCCOC(=O)c1cccc(C#Cc2ccc(-c3cccc(-c4ccc(C#Cc5cccc(C(=O)OCCOCCOCCOCCOCCCC=C)c5)cc4)c3C(=O)O)cc2)c1. The largest absolute Gasteiger partial charge is 0.478 e. The van der Waals surface area contributed by atoms with Crippen molar-refractivity contribution in [3.05, 3.63) is 180 Å². The number of rotatable bonds is 37. The zero-order valence-corrected chi connectivity index (χ0v) is 43.8. The number of carbonyl (C=O) groups is 3. The lowest BCUT2D eigenvalue weighted by atomic mass is 9.91. The second-order valence-corrected chi connectivity index (χ2v) is 16.9. The molecular formula is C63H70O14. The Morgan fingerprint density at radius 1 is 0.390 bits per heavy atom. The quantitative estimate of drug-likeness (QED) is 0.0173. The predicted octanol–water partition coefficient (Wildman–Crippen LogP) is 9.90. The van der Waals surface area contributed by atoms with Crippen LogP contribution in [0.5, 0.6) is 0 Å². The lowest BCUT2D eigenvalue weighted by molar-refractivity contribution is -0.00908. The molecule has 0 amide bonds. The lowest BCUT2D eigenvalue weighted by Gasteiger charge is -2.12. The van der Waals surface area contributed by atoms with Crippen molar-refractivity contribution < 1.29 is 66.9 Å². The number of ether oxygens (including phenoxy) is 10. The van der Waals surface area contributed by atoms with Gasteiger partial charge in [0.1, 0.15) is 13.2 Å². The van der Waals surface area contributed by atoms with Gasteiger partial charge in [0, 0.05) is 35.5 Å². The summed E-state index contributed by atoms with van der Waals surface area (Å²) in [6, 6.07) is 33.8. The molecule has 0 radical (unpaired) electrons. The first-order chi connectivity index (χ1) is 37.9. The van der Waals surface area contributed by atoms with Gasteiger partial charge < -0.3 is 52.5 Å². The average molecular weight is 1050 g/mol. The van der Waals surface area contributed by atoms with Gasteiger partial charge in [0.25, 0.3) is 0 Å². The number of unbranched alkanes of at least 4 members (excludes halogenated alkanes) is 2. The summed E-state index contributed by atoms with van der Waals surface area (Å²) < 4.78 is 54.7. The Labute approximate surface area is 453 Å². The summed E-state index contributed by atoms with van der Waals surface area (Å²) in [5, 5.41) is 10.5. The number of aromatic carboxylic acids is 1. The predicted molar refractivity (Wildman–Crippen MR) is 295 cm³/mol. The van der Waals surface area contributed by atoms with Crippen molar-refractivity contribution in [3.63, 3.8) is 0 Å². The smallest absolute Gasteiger partial charge is 0.338 e. The van der Waals surface area contributed by atoms with Crippen LogP contribution in [0.3, 0.4) is 0 Å². The highest BCUT2D eigenvalue weighted by molar-refractivity contribution is 6.03. The highest BCUT2D eigenvalue weighted by Gasteiger charge is 2.18. The Morgan fingerprint density at radius 3 is 1.04 bits per heavy atom. The number of esters is 2. The standard InChI is InChI=1S/C63H70O14/c1-3-5-7-30-68-32-34-70-36-38-72-40-42-74-44-46-76-62(66)56-14-9-12-52(48-56)20-18-50-22-26-54(27-23-50)58-16-11-17-59(60(58)61(64)65)55-28-24-51(25-29-55)19-21-53-13-10-15-57(49-53)63(67)77-47-45-75-43-41-73-39-37-71-35-33-69-31-8-6-4-2/h3-4,9-17,22-29,48-49H,1-2,5-8,30-47H2,(H,64,65). The number of allylic oxidation sites excluding steroid dienone is 2. The molecule has 5 aromatic carbocycles. The minimum atomic E-state index is -1.06. The second kappa shape index (κ2) is 37.5. The van der Waals surface area contributed by atoms with Crippen molar-refractivity contribution >= 4 is 17.9 Å². The summed E-state index contributed by atoms with van der Waals surface area (Å²) in [6.45, 7) is 14.9. The van der Waals surface area contributed by atoms with E-state index in [4.69, 9.17) is 47.4 Å². The van der Waals surface area contributed by atoms with Crippen LogP contribution in [0.4, 0.5) is 0 Å². The molecule has 0 aliphatic carbocycles. The molecule has 0 saturated carbocycles. The van der Waals surface area contributed by atoms with Gasteiger partial charge in [-0.05, 0) is 109 Å². The van der Waals surface area contributed by atoms with Gasteiger partial charge in [-0.25, -0.2) is 14.4 Å². The van der Waals surface area contributed by atoms with Gasteiger partial charge in [0.15, 0.2) is 0 Å². The molecule has 0 fully saturated rings. The number of benzene rings is 5. The van der Waals surface area contributed by atoms with Crippen LogP contribution < -0.4 is 0 Å². The van der Waals surface area contributed by atoms with E-state index in [0.717, 1.165) is 25.7 Å². The molecule has 0 atom stereocenters. The topological polar surface area (TPSA) is 164 Å². The first kappa shape index (κ1) is 60.7. The van der Waals surface area contributed by atoms with Gasteiger partial charge in [0.2, 0.25) is 0 Å². The fourth-order valence-electron chi connectivity index (χ4n) is 7.20. The molecule has 0 heterocycles. The molecule has 0 bridgehead atoms. The molecule has 5 rings (SSSR count). The molecule has 5 aromatic rings. The third kappa shape index (κ3) is 24.1. The van der Waals surface area contributed by atoms with Crippen molar-refractivity contribution in [1.29, 1.82) is 0 Å². The van der Waals surface area contributed by atoms with Crippen LogP contribution in [0.1, 0.15) is 79.0 Å². The van der Waals surface area contributed by atoms with Crippen LogP contribution in [-0.4, -0.2) is 142 Å². The molecular weight excluding hydrogens is 981 g/mol. The Morgan fingerprint density at radius 2 is 0.701 bits per heavy atom. The maximum atomic E-state index is 12.8. The lowest BCUT2D eigenvalue weighted by Crippen LogP contribution is -2.14. The van der Waals surface area contributed by atoms with E-state index >= 15 is 0 Å². The molecule has 14 nitrogen and oxygen atoms in total. The fraction of sp³-hybridized carbons (Fsp3) is 0.349. The van der Waals surface area contributed by atoms with Crippen LogP contribution in [0, 0.1) is 23.7 Å². The maximum absolute atomic E-state index is 12.8. The molecule has 77 heavy (non-hydrogen) atoms. The van der Waals surface area contributed by atoms with Crippen molar-refractivity contribution in [3.8, 4) is 45.9 Å². The highest BCUT2D eigenvalue weighted by atomic mass is 16.6. The Balaban J connectivity index is 1.03. The van der Waals surface area contributed by atoms with Crippen LogP contribution in [0.25, 0.3) is 22.3 Å². The van der Waals surface area contributed by atoms with E-state index in [1.54, 1.807) is 60.7 Å². The summed E-state index contributed by atoms with van der Waals surface area (Å²) in [7, 11) is 0. The minimum absolute atomic E-state index is 0.0920. The summed E-state index contributed by atoms with van der Waals surface area (Å²) in [5.74, 6) is 10.4. The summed E-state index contributed by atoms with van der Waals surface area (Å²) in [4.78, 5) is 38.3. The molecule has 0 aromatic heterocycles. The van der Waals surface area contributed by atoms with E-state index in [9.17, 15) is 19.5 Å². The van der Waals surface area contributed by atoms with Gasteiger partial charge in [0.05, 0.1) is 109 Å². The van der Waals surface area contributed by atoms with Crippen molar-refractivity contribution in [2.45, 2.75) is 25.7 Å². The number of carboxylic acid groups (broad SMARTS) is 1. The highest BCUT2D eigenvalue weighted by Crippen LogP contribution is 2.33. The third-order valence-electron chi connectivity index (χ3n) is 11.1. The summed E-state index contributed by atoms with van der Waals surface area (Å²) in [6.07, 6.45) is 7.56. The van der Waals surface area contributed by atoms with E-state index in [1.165, 1.54) is 0 Å². The maximum Gasteiger partial charge on any atom is 0.338 e. The van der Waals surface area contributed by atoms with Gasteiger partial charge in [-0.2, -0.15) is 0 Å². The van der Waals surface area contributed by atoms with Gasteiger partial charge in [-0.15, -0.1) is 13.2 Å². The van der Waals surface area contributed by atoms with Crippen molar-refractivity contribution in [2.24, 2.45) is 0 Å². The number of carboxylic acids is 1. The molecule has 14 heteroatoms. The minimum Gasteiger partial charge on any atom is -0.478 e. The van der Waals surface area contributed by atoms with Gasteiger partial charge in [-0.3, -0.25) is 0 Å². The normalized spacial score (nSPS) is 10.7. The van der Waals surface area contributed by atoms with Gasteiger partial charge >= 0.3 is 17.9 Å². The molecule has 0 unspecified atom stereocenters. The molecule has 0 aliphatic heterocycles. The van der Waals surface area contributed by atoms with E-state index in [0.29, 0.717) is 148 Å². The molecule has 406 valence electrons. The zero-order chi connectivity index (χ0) is 54.4. The average Bonchev–Trinajstić information content (AvgIpc) is 3.46. The third-order valence-corrected chi connectivity index (χ3v) is 11.1. The Bertz CT molecular complexity index is 2520. The number of carbonyl (C=O) groups excluding carboxylic acids is 2. The van der Waals surface area contributed by atoms with Crippen LogP contribution in [0.15, 0.2) is 141 Å². The van der Waals surface area contributed by atoms with Crippen LogP contribution >= 0.6 is 0 Å². The first-order valence-corrected chi connectivity index (χ1v) is 25.9. The summed E-state index contributed by atoms with van der Waals surface area (Å²) >= 11 is 0. The Kier molecular flexibility index (Phi) is 29.6. The summed E-state index contributed by atoms with van der Waals surface area (Å²) in [5.41, 5.74) is 6.09. The Hall–Kier alpha value is -7.21. The van der Waals surface area contributed by atoms with Crippen LogP contribution in [0.2, 0.25) is 0 Å². The van der Waals surface area contributed by atoms with E-state index in [-0.39, 0.29) is 32.0 Å². The van der Waals surface area contributed by atoms with Crippen LogP contribution in [-0.2, 0) is 47.4 Å². The molecule has 1 N–H and O–H groups in total. The number of hydrogen-bond donors (Lipinski definition) is 1. The second-order valence-electron chi connectivity index (χ2n) is 16.9. The van der Waals surface area contributed by atoms with E-state index in [2.05, 4.69) is 36.8 Å². The van der Waals surface area contributed by atoms with Crippen molar-refractivity contribution in [1.82, 2.24) is 0 Å². The first-order valence-electron chi connectivity index (χ1n) is 25.9. The number of hydrogen-bond acceptors (Lipinski definition) is 13. The molecule has 0 saturated heterocycles. The monoisotopic (exact) mass is 1050 g/mol. The van der Waals surface area contributed by atoms with Gasteiger partial charge in [-0.1, -0.05) is 90.4 Å². The fourth-order valence-corrected chi connectivity index (χ4v) is 7.20.